The average molecular weight is 343 g/mol. The second-order valence-electron chi connectivity index (χ2n) is 6.36. The maximum Gasteiger partial charge on any atom is 0.225 e. The number of carbonyl (C=O) groups is 1. The van der Waals surface area contributed by atoms with Crippen LogP contribution in [0.1, 0.15) is 29.5 Å². The van der Waals surface area contributed by atoms with Crippen molar-refractivity contribution in [3.05, 3.63) is 78.4 Å². The number of benzene rings is 1. The Labute approximate surface area is 151 Å². The number of aromatic nitrogens is 3. The van der Waals surface area contributed by atoms with Crippen LogP contribution in [0.3, 0.4) is 0 Å². The van der Waals surface area contributed by atoms with Crippen LogP contribution in [0, 0.1) is 17.2 Å². The lowest BCUT2D eigenvalue weighted by atomic mass is 10.1. The molecule has 1 saturated carbocycles. The molecule has 0 saturated heterocycles. The summed E-state index contributed by atoms with van der Waals surface area (Å²) in [6.45, 7) is 0. The van der Waals surface area contributed by atoms with E-state index in [4.69, 9.17) is 0 Å². The van der Waals surface area contributed by atoms with Gasteiger partial charge in [0.05, 0.1) is 18.0 Å². The molecule has 128 valence electrons. The Hall–Kier alpha value is -3.46. The Kier molecular flexibility index (Phi) is 4.20. The summed E-state index contributed by atoms with van der Waals surface area (Å²) >= 11 is 0. The monoisotopic (exact) mass is 343 g/mol. The maximum absolute atomic E-state index is 12.5. The lowest BCUT2D eigenvalue weighted by Crippen LogP contribution is -2.29. The molecule has 0 radical (unpaired) electrons. The summed E-state index contributed by atoms with van der Waals surface area (Å²) in [7, 11) is 0. The first-order valence-electron chi connectivity index (χ1n) is 8.46. The van der Waals surface area contributed by atoms with E-state index in [9.17, 15) is 10.1 Å². The Morgan fingerprint density at radius 3 is 2.81 bits per heavy atom. The quantitative estimate of drug-likeness (QED) is 0.772. The largest absolute Gasteiger partial charge is 0.336 e. The van der Waals surface area contributed by atoms with Crippen LogP contribution in [-0.4, -0.2) is 20.7 Å². The lowest BCUT2D eigenvalue weighted by molar-refractivity contribution is -0.122. The number of hydrogen-bond donors (Lipinski definition) is 1. The molecule has 2 aromatic heterocycles. The summed E-state index contributed by atoms with van der Waals surface area (Å²) in [6, 6.07) is 14.9. The lowest BCUT2D eigenvalue weighted by Gasteiger charge is -2.09. The van der Waals surface area contributed by atoms with Gasteiger partial charge < -0.3 is 5.32 Å². The summed E-state index contributed by atoms with van der Waals surface area (Å²) in [6.07, 6.45) is 7.70. The third-order valence-corrected chi connectivity index (χ3v) is 4.61. The highest BCUT2D eigenvalue weighted by atomic mass is 16.2. The Morgan fingerprint density at radius 2 is 2.08 bits per heavy atom. The molecule has 4 rings (SSSR count). The first-order valence-corrected chi connectivity index (χ1v) is 8.46. The van der Waals surface area contributed by atoms with Crippen LogP contribution < -0.4 is 5.32 Å². The zero-order valence-corrected chi connectivity index (χ0v) is 14.0. The smallest absolute Gasteiger partial charge is 0.225 e. The van der Waals surface area contributed by atoms with Crippen LogP contribution >= 0.6 is 0 Å². The predicted octanol–water partition coefficient (Wildman–Crippen LogP) is 2.75. The van der Waals surface area contributed by atoms with E-state index < -0.39 is 6.04 Å². The fraction of sp³-hybridized carbons (Fsp3) is 0.200. The fourth-order valence-corrected chi connectivity index (χ4v) is 3.10. The van der Waals surface area contributed by atoms with Gasteiger partial charge in [-0.25, -0.2) is 4.68 Å². The van der Waals surface area contributed by atoms with Gasteiger partial charge in [0.25, 0.3) is 0 Å². The van der Waals surface area contributed by atoms with Crippen LogP contribution in [0.15, 0.2) is 67.3 Å². The van der Waals surface area contributed by atoms with Crippen molar-refractivity contribution >= 4 is 5.91 Å². The SMILES string of the molecule is N#C[C@H](NC(=O)[C@@H]1C[C@@H]1c1cccnc1)c1cnn(-c2ccccc2)c1. The number of pyridine rings is 1. The molecule has 3 atom stereocenters. The van der Waals surface area contributed by atoms with Crippen LogP contribution in [0.5, 0.6) is 0 Å². The number of para-hydroxylation sites is 1. The second kappa shape index (κ2) is 6.81. The minimum Gasteiger partial charge on any atom is -0.336 e. The number of nitriles is 1. The molecule has 0 bridgehead atoms. The van der Waals surface area contributed by atoms with Gasteiger partial charge in [0.2, 0.25) is 5.91 Å². The molecule has 1 amide bonds. The minimum atomic E-state index is -0.713. The third-order valence-electron chi connectivity index (χ3n) is 4.61. The van der Waals surface area contributed by atoms with Gasteiger partial charge in [-0.3, -0.25) is 9.78 Å². The molecule has 1 fully saturated rings. The Bertz CT molecular complexity index is 945. The van der Waals surface area contributed by atoms with E-state index in [1.807, 2.05) is 42.5 Å². The third kappa shape index (κ3) is 3.20. The first-order chi connectivity index (χ1) is 12.8. The Morgan fingerprint density at radius 1 is 1.23 bits per heavy atom. The van der Waals surface area contributed by atoms with Gasteiger partial charge in [0.1, 0.15) is 6.04 Å². The highest BCUT2D eigenvalue weighted by molar-refractivity contribution is 5.83. The van der Waals surface area contributed by atoms with Gasteiger partial charge >= 0.3 is 0 Å². The highest BCUT2D eigenvalue weighted by Crippen LogP contribution is 2.47. The molecule has 0 aliphatic heterocycles. The van der Waals surface area contributed by atoms with Crippen molar-refractivity contribution in [3.63, 3.8) is 0 Å². The van der Waals surface area contributed by atoms with Crippen molar-refractivity contribution in [1.82, 2.24) is 20.1 Å². The molecule has 26 heavy (non-hydrogen) atoms. The number of hydrogen-bond acceptors (Lipinski definition) is 4. The van der Waals surface area contributed by atoms with Gasteiger partial charge in [0.15, 0.2) is 0 Å². The average Bonchev–Trinajstić information content (AvgIpc) is 3.36. The van der Waals surface area contributed by atoms with Crippen molar-refractivity contribution in [2.24, 2.45) is 5.92 Å². The molecule has 6 nitrogen and oxygen atoms in total. The topological polar surface area (TPSA) is 83.6 Å². The summed E-state index contributed by atoms with van der Waals surface area (Å²) in [4.78, 5) is 16.6. The Balaban J connectivity index is 1.43. The van der Waals surface area contributed by atoms with E-state index in [-0.39, 0.29) is 17.7 Å². The van der Waals surface area contributed by atoms with Gasteiger partial charge in [-0.2, -0.15) is 10.4 Å². The summed E-state index contributed by atoms with van der Waals surface area (Å²) < 4.78 is 1.70. The van der Waals surface area contributed by atoms with Crippen molar-refractivity contribution in [1.29, 1.82) is 5.26 Å². The van der Waals surface area contributed by atoms with Gasteiger partial charge in [-0.1, -0.05) is 24.3 Å². The normalized spacial score (nSPS) is 19.3. The molecule has 1 aromatic carbocycles. The van der Waals surface area contributed by atoms with E-state index in [0.29, 0.717) is 5.56 Å². The number of carbonyl (C=O) groups excluding carboxylic acids is 1. The number of amides is 1. The predicted molar refractivity (Wildman–Crippen MR) is 95.1 cm³/mol. The van der Waals surface area contributed by atoms with Crippen LogP contribution in [0.4, 0.5) is 0 Å². The van der Waals surface area contributed by atoms with Crippen LogP contribution in [0.2, 0.25) is 0 Å². The summed E-state index contributed by atoms with van der Waals surface area (Å²) in [5.74, 6) is -0.00725. The van der Waals surface area contributed by atoms with Crippen LogP contribution in [0.25, 0.3) is 5.69 Å². The molecule has 3 aromatic rings. The van der Waals surface area contributed by atoms with E-state index in [1.165, 1.54) is 0 Å². The molecular formula is C20H17N5O. The second-order valence-corrected chi connectivity index (χ2v) is 6.36. The number of nitrogens with one attached hydrogen (secondary N) is 1. The molecule has 1 aliphatic carbocycles. The number of nitrogens with zero attached hydrogens (tertiary/aromatic N) is 4. The van der Waals surface area contributed by atoms with Crippen molar-refractivity contribution in [2.75, 3.05) is 0 Å². The van der Waals surface area contributed by atoms with Gasteiger partial charge in [-0.05, 0) is 36.1 Å². The fourth-order valence-electron chi connectivity index (χ4n) is 3.10. The van der Waals surface area contributed by atoms with Crippen molar-refractivity contribution < 1.29 is 4.79 Å². The van der Waals surface area contributed by atoms with E-state index >= 15 is 0 Å². The standard InChI is InChI=1S/C20H17N5O/c21-10-19(15-12-23-25(13-15)16-6-2-1-3-7-16)24-20(26)18-9-17(18)14-5-4-8-22-11-14/h1-8,11-13,17-19H,9H2,(H,24,26)/t17-,18-,19+/m1/s1. The minimum absolute atomic E-state index is 0.0979. The van der Waals surface area contributed by atoms with Crippen LogP contribution in [-0.2, 0) is 4.79 Å². The molecule has 0 spiro atoms. The maximum atomic E-state index is 12.5. The van der Waals surface area contributed by atoms with E-state index in [2.05, 4.69) is 21.5 Å². The molecule has 2 heterocycles. The molecule has 0 unspecified atom stereocenters. The summed E-state index contributed by atoms with van der Waals surface area (Å²) in [5.41, 5.74) is 2.64. The zero-order chi connectivity index (χ0) is 17.9. The molecule has 1 N–H and O–H groups in total. The van der Waals surface area contributed by atoms with E-state index in [0.717, 1.165) is 17.7 Å². The first kappa shape index (κ1) is 16.0. The highest BCUT2D eigenvalue weighted by Gasteiger charge is 2.44. The van der Waals surface area contributed by atoms with Gasteiger partial charge in [-0.15, -0.1) is 0 Å². The van der Waals surface area contributed by atoms with Crippen molar-refractivity contribution in [2.45, 2.75) is 18.4 Å². The molecular weight excluding hydrogens is 326 g/mol. The summed E-state index contributed by atoms with van der Waals surface area (Å²) in [5, 5.41) is 16.6. The van der Waals surface area contributed by atoms with Crippen molar-refractivity contribution in [3.8, 4) is 11.8 Å². The molecule has 1 aliphatic rings. The molecule has 6 heteroatoms. The van der Waals surface area contributed by atoms with E-state index in [1.54, 1.807) is 29.5 Å². The van der Waals surface area contributed by atoms with Gasteiger partial charge in [0, 0.05) is 30.1 Å². The zero-order valence-electron chi connectivity index (χ0n) is 14.0. The number of rotatable bonds is 5.